The smallest absolute Gasteiger partial charge is 0.231 e. The molecule has 0 aliphatic carbocycles. The summed E-state index contributed by atoms with van der Waals surface area (Å²) in [4.78, 5) is 4.48. The molecule has 0 unspecified atom stereocenters. The number of rotatable bonds is 7. The Labute approximate surface area is 206 Å². The summed E-state index contributed by atoms with van der Waals surface area (Å²) >= 11 is 0. The van der Waals surface area contributed by atoms with E-state index in [9.17, 15) is 9.50 Å². The van der Waals surface area contributed by atoms with Crippen molar-refractivity contribution in [3.63, 3.8) is 0 Å². The molecule has 0 atom stereocenters. The van der Waals surface area contributed by atoms with E-state index in [0.717, 1.165) is 5.56 Å². The van der Waals surface area contributed by atoms with Gasteiger partial charge in [-0.2, -0.15) is 0 Å². The van der Waals surface area contributed by atoms with Crippen molar-refractivity contribution < 1.29 is 18.3 Å². The van der Waals surface area contributed by atoms with Crippen LogP contribution < -0.4 is 5.32 Å². The Bertz CT molecular complexity index is 1540. The van der Waals surface area contributed by atoms with Crippen LogP contribution in [0.15, 0.2) is 65.3 Å². The number of oxazole rings is 1. The van der Waals surface area contributed by atoms with Crippen LogP contribution in [-0.2, 0) is 13.6 Å². The molecule has 3 aromatic carbocycles. The number of nitrogens with one attached hydrogen (secondary N) is 1. The fraction of sp³-hybridized carbons (Fsp3) is 0.222. The van der Waals surface area contributed by atoms with Crippen molar-refractivity contribution in [2.75, 3.05) is 6.54 Å². The highest BCUT2D eigenvalue weighted by atomic mass is 19.1. The first-order chi connectivity index (χ1) is 17.2. The zero-order valence-corrected chi connectivity index (χ0v) is 20.1. The molecular weight excluding hydrogens is 464 g/mol. The van der Waals surface area contributed by atoms with Crippen LogP contribution in [0.5, 0.6) is 0 Å². The van der Waals surface area contributed by atoms with Crippen molar-refractivity contribution in [2.45, 2.75) is 26.0 Å². The van der Waals surface area contributed by atoms with E-state index in [1.807, 2.05) is 30.3 Å². The molecule has 2 aromatic heterocycles. The maximum Gasteiger partial charge on any atom is 0.231 e. The van der Waals surface area contributed by atoms with Gasteiger partial charge in [0.05, 0.1) is 11.2 Å². The third-order valence-electron chi connectivity index (χ3n) is 5.78. The Morgan fingerprint density at radius 1 is 1.03 bits per heavy atom. The lowest BCUT2D eigenvalue weighted by Gasteiger charge is -2.17. The summed E-state index contributed by atoms with van der Waals surface area (Å²) in [5.74, 6) is -0.820. The molecule has 0 amide bonds. The Morgan fingerprint density at radius 3 is 2.50 bits per heavy atom. The highest BCUT2D eigenvalue weighted by Crippen LogP contribution is 2.41. The molecule has 0 bridgehead atoms. The third-order valence-corrected chi connectivity index (χ3v) is 5.78. The molecule has 0 saturated carbocycles. The minimum Gasteiger partial charge on any atom is -0.433 e. The zero-order chi connectivity index (χ0) is 25.4. The number of aliphatic hydroxyl groups is 1. The second-order valence-electron chi connectivity index (χ2n) is 9.34. The van der Waals surface area contributed by atoms with Gasteiger partial charge in [0.1, 0.15) is 17.7 Å². The topological polar surface area (TPSA) is 89.0 Å². The maximum atomic E-state index is 15.5. The van der Waals surface area contributed by atoms with Crippen LogP contribution >= 0.6 is 0 Å². The first-order valence-corrected chi connectivity index (χ1v) is 11.5. The summed E-state index contributed by atoms with van der Waals surface area (Å²) in [6.07, 6.45) is 1.53. The maximum absolute atomic E-state index is 15.5. The van der Waals surface area contributed by atoms with E-state index in [0.29, 0.717) is 35.6 Å². The Hall–Kier alpha value is -3.95. The van der Waals surface area contributed by atoms with Crippen molar-refractivity contribution in [1.29, 1.82) is 0 Å². The molecule has 184 valence electrons. The Kier molecular flexibility index (Phi) is 6.11. The van der Waals surface area contributed by atoms with Crippen LogP contribution in [0.3, 0.4) is 0 Å². The molecule has 7 nitrogen and oxygen atoms in total. The minimum absolute atomic E-state index is 0.0567. The van der Waals surface area contributed by atoms with Gasteiger partial charge in [0, 0.05) is 25.7 Å². The minimum atomic E-state index is -0.902. The van der Waals surface area contributed by atoms with Crippen molar-refractivity contribution in [3.8, 4) is 34.0 Å². The molecule has 0 fully saturated rings. The fourth-order valence-electron chi connectivity index (χ4n) is 4.15. The number of halogens is 2. The van der Waals surface area contributed by atoms with Gasteiger partial charge in [-0.25, -0.2) is 13.8 Å². The lowest BCUT2D eigenvalue weighted by Crippen LogP contribution is -2.34. The average Bonchev–Trinajstić information content (AvgIpc) is 3.45. The Balaban J connectivity index is 1.66. The van der Waals surface area contributed by atoms with Crippen LogP contribution in [-0.4, -0.2) is 37.0 Å². The lowest BCUT2D eigenvalue weighted by atomic mass is 9.94. The quantitative estimate of drug-likeness (QED) is 0.331. The predicted molar refractivity (Wildman–Crippen MR) is 133 cm³/mol. The van der Waals surface area contributed by atoms with E-state index in [1.165, 1.54) is 18.5 Å². The van der Waals surface area contributed by atoms with E-state index in [2.05, 4.69) is 20.5 Å². The molecule has 2 heterocycles. The van der Waals surface area contributed by atoms with Crippen LogP contribution in [0.2, 0.25) is 0 Å². The van der Waals surface area contributed by atoms with Crippen LogP contribution in [0.25, 0.3) is 45.1 Å². The van der Waals surface area contributed by atoms with E-state index in [4.69, 9.17) is 4.42 Å². The monoisotopic (exact) mass is 489 g/mol. The molecule has 2 N–H and O–H groups in total. The van der Waals surface area contributed by atoms with Gasteiger partial charge < -0.3 is 19.4 Å². The molecule has 9 heteroatoms. The molecular formula is C27H25F2N5O2. The molecule has 0 spiro atoms. The van der Waals surface area contributed by atoms with Gasteiger partial charge in [-0.15, -0.1) is 10.2 Å². The molecule has 0 radical (unpaired) electrons. The largest absolute Gasteiger partial charge is 0.433 e. The fourth-order valence-corrected chi connectivity index (χ4v) is 4.15. The number of nitrogens with zero attached hydrogens (tertiary/aromatic N) is 4. The van der Waals surface area contributed by atoms with Gasteiger partial charge in [-0.05, 0) is 48.7 Å². The molecule has 0 aliphatic rings. The van der Waals surface area contributed by atoms with E-state index in [1.54, 1.807) is 37.6 Å². The number of hydrogen-bond acceptors (Lipinski definition) is 6. The van der Waals surface area contributed by atoms with Gasteiger partial charge in [0.25, 0.3) is 0 Å². The van der Waals surface area contributed by atoms with Crippen molar-refractivity contribution in [1.82, 2.24) is 25.1 Å². The van der Waals surface area contributed by atoms with Gasteiger partial charge in [0.15, 0.2) is 17.2 Å². The zero-order valence-electron chi connectivity index (χ0n) is 20.1. The van der Waals surface area contributed by atoms with Crippen LogP contribution in [0, 0.1) is 11.6 Å². The number of hydrogen-bond donors (Lipinski definition) is 2. The van der Waals surface area contributed by atoms with Crippen molar-refractivity contribution in [2.24, 2.45) is 7.05 Å². The van der Waals surface area contributed by atoms with Gasteiger partial charge in [-0.3, -0.25) is 0 Å². The van der Waals surface area contributed by atoms with Crippen LogP contribution in [0.1, 0.15) is 19.4 Å². The number of fused-ring (bicyclic) bond motifs is 1. The second kappa shape index (κ2) is 9.25. The number of aromatic nitrogens is 4. The normalized spacial score (nSPS) is 11.9. The average molecular weight is 490 g/mol. The third kappa shape index (κ3) is 4.62. The highest BCUT2D eigenvalue weighted by Gasteiger charge is 2.26. The van der Waals surface area contributed by atoms with Gasteiger partial charge >= 0.3 is 0 Å². The summed E-state index contributed by atoms with van der Waals surface area (Å²) in [6.45, 7) is 4.01. The van der Waals surface area contributed by atoms with Crippen LogP contribution in [0.4, 0.5) is 8.78 Å². The number of aryl methyl sites for hydroxylation is 1. The molecule has 36 heavy (non-hydrogen) atoms. The molecule has 5 aromatic rings. The Morgan fingerprint density at radius 2 is 1.81 bits per heavy atom. The molecule has 0 aliphatic heterocycles. The SMILES string of the molecule is Cn1cnnc1-c1c(-c2ccccc2)ccc(F)c1-c1nc2cc(CNCC(C)(C)O)cc(F)c2o1. The predicted octanol–water partition coefficient (Wildman–Crippen LogP) is 5.10. The summed E-state index contributed by atoms with van der Waals surface area (Å²) in [6, 6.07) is 15.5. The summed E-state index contributed by atoms with van der Waals surface area (Å²) in [5, 5.41) is 21.2. The van der Waals surface area contributed by atoms with Crippen molar-refractivity contribution in [3.05, 3.63) is 78.1 Å². The molecule has 5 rings (SSSR count). The standard InChI is InChI=1S/C27H25F2N5O2/c1-27(2,35)14-30-13-16-11-20(29)24-21(12-16)32-26(36-24)23-19(28)10-9-18(17-7-5-4-6-8-17)22(23)25-33-31-15-34(25)3/h4-12,15,30,35H,13-14H2,1-3H3. The first-order valence-electron chi connectivity index (χ1n) is 11.5. The summed E-state index contributed by atoms with van der Waals surface area (Å²) < 4.78 is 37.9. The van der Waals surface area contributed by atoms with E-state index >= 15 is 4.39 Å². The second-order valence-corrected chi connectivity index (χ2v) is 9.34. The summed E-state index contributed by atoms with van der Waals surface area (Å²) in [7, 11) is 1.76. The highest BCUT2D eigenvalue weighted by molar-refractivity contribution is 5.92. The van der Waals surface area contributed by atoms with Crippen molar-refractivity contribution >= 4 is 11.1 Å². The van der Waals surface area contributed by atoms with Gasteiger partial charge in [-0.1, -0.05) is 36.4 Å². The summed E-state index contributed by atoms with van der Waals surface area (Å²) in [5.41, 5.74) is 1.99. The van der Waals surface area contributed by atoms with E-state index in [-0.39, 0.29) is 22.6 Å². The van der Waals surface area contributed by atoms with E-state index < -0.39 is 17.2 Å². The first kappa shape index (κ1) is 23.8. The number of benzene rings is 3. The lowest BCUT2D eigenvalue weighted by molar-refractivity contribution is 0.0795. The molecule has 0 saturated heterocycles. The van der Waals surface area contributed by atoms with Gasteiger partial charge in [0.2, 0.25) is 5.89 Å².